The molecule has 0 spiro atoms. The number of halogens is 1. The first-order valence-corrected chi connectivity index (χ1v) is 7.93. The predicted octanol–water partition coefficient (Wildman–Crippen LogP) is 2.63. The molecule has 0 saturated heterocycles. The van der Waals surface area contributed by atoms with Gasteiger partial charge in [0.2, 0.25) is 0 Å². The zero-order chi connectivity index (χ0) is 13.8. The molecule has 0 bridgehead atoms. The SMILES string of the molecule is CCC(CC)N(C)S(=O)(=O)c1ccc(CCl)cn1. The van der Waals surface area contributed by atoms with E-state index < -0.39 is 10.0 Å². The largest absolute Gasteiger partial charge is 0.260 e. The van der Waals surface area contributed by atoms with Gasteiger partial charge < -0.3 is 0 Å². The number of sulfonamides is 1. The van der Waals surface area contributed by atoms with Crippen LogP contribution in [0.4, 0.5) is 0 Å². The van der Waals surface area contributed by atoms with E-state index in [0.717, 1.165) is 18.4 Å². The van der Waals surface area contributed by atoms with Crippen molar-refractivity contribution in [2.24, 2.45) is 0 Å². The smallest absolute Gasteiger partial charge is 0.243 e. The Morgan fingerprint density at radius 3 is 2.33 bits per heavy atom. The second kappa shape index (κ2) is 6.50. The maximum Gasteiger partial charge on any atom is 0.260 e. The molecule has 1 aromatic rings. The highest BCUT2D eigenvalue weighted by Gasteiger charge is 2.26. The second-order valence-electron chi connectivity index (χ2n) is 4.13. The van der Waals surface area contributed by atoms with Gasteiger partial charge in [-0.1, -0.05) is 19.9 Å². The molecule has 0 atom stereocenters. The molecule has 0 aliphatic heterocycles. The highest BCUT2D eigenvalue weighted by Crippen LogP contribution is 2.18. The predicted molar refractivity (Wildman–Crippen MR) is 73.1 cm³/mol. The van der Waals surface area contributed by atoms with Crippen LogP contribution >= 0.6 is 11.6 Å². The normalized spacial score (nSPS) is 12.3. The molecule has 1 heterocycles. The summed E-state index contributed by atoms with van der Waals surface area (Å²) in [5.74, 6) is 0.329. The Hall–Kier alpha value is -0.650. The first-order chi connectivity index (χ1) is 8.47. The van der Waals surface area contributed by atoms with Crippen molar-refractivity contribution >= 4 is 21.6 Å². The number of hydrogen-bond donors (Lipinski definition) is 0. The standard InChI is InChI=1S/C12H19ClN2O2S/c1-4-11(5-2)15(3)18(16,17)12-7-6-10(8-13)9-14-12/h6-7,9,11H,4-5,8H2,1-3H3. The molecule has 0 aliphatic carbocycles. The van der Waals surface area contributed by atoms with Crippen LogP contribution in [0.5, 0.6) is 0 Å². The van der Waals surface area contributed by atoms with Crippen molar-refractivity contribution < 1.29 is 8.42 Å². The van der Waals surface area contributed by atoms with Gasteiger partial charge in [-0.05, 0) is 24.5 Å². The van der Waals surface area contributed by atoms with Crippen molar-refractivity contribution in [2.75, 3.05) is 7.05 Å². The van der Waals surface area contributed by atoms with Gasteiger partial charge >= 0.3 is 0 Å². The minimum absolute atomic E-state index is 0.00417. The molecular formula is C12H19ClN2O2S. The molecule has 0 aromatic carbocycles. The third-order valence-corrected chi connectivity index (χ3v) is 5.19. The van der Waals surface area contributed by atoms with Crippen LogP contribution in [0.1, 0.15) is 32.3 Å². The molecule has 102 valence electrons. The Bertz CT molecular complexity index is 469. The van der Waals surface area contributed by atoms with Crippen molar-refractivity contribution in [3.63, 3.8) is 0 Å². The summed E-state index contributed by atoms with van der Waals surface area (Å²) in [5, 5.41) is 0.0748. The third-order valence-electron chi connectivity index (χ3n) is 3.05. The van der Waals surface area contributed by atoms with Gasteiger partial charge in [-0.15, -0.1) is 11.6 Å². The Balaban J connectivity index is 3.04. The van der Waals surface area contributed by atoms with Crippen molar-refractivity contribution in [3.05, 3.63) is 23.9 Å². The van der Waals surface area contributed by atoms with Gasteiger partial charge in [0.05, 0.1) is 0 Å². The second-order valence-corrected chi connectivity index (χ2v) is 6.34. The van der Waals surface area contributed by atoms with Crippen LogP contribution in [0.25, 0.3) is 0 Å². The number of pyridine rings is 1. The van der Waals surface area contributed by atoms with E-state index >= 15 is 0 Å². The van der Waals surface area contributed by atoms with Crippen LogP contribution in [0.3, 0.4) is 0 Å². The van der Waals surface area contributed by atoms with Gasteiger partial charge in [-0.25, -0.2) is 13.4 Å². The molecule has 0 fully saturated rings. The minimum atomic E-state index is -3.51. The first-order valence-electron chi connectivity index (χ1n) is 5.96. The molecule has 0 unspecified atom stereocenters. The first kappa shape index (κ1) is 15.4. The summed E-state index contributed by atoms with van der Waals surface area (Å²) in [4.78, 5) is 3.98. The zero-order valence-corrected chi connectivity index (χ0v) is 12.5. The van der Waals surface area contributed by atoms with Crippen molar-refractivity contribution in [1.29, 1.82) is 0 Å². The number of rotatable bonds is 6. The summed E-state index contributed by atoms with van der Waals surface area (Å²) < 4.78 is 26.0. The average molecular weight is 291 g/mol. The van der Waals surface area contributed by atoms with Crippen molar-refractivity contribution in [3.8, 4) is 0 Å². The maximum atomic E-state index is 12.3. The fourth-order valence-corrected chi connectivity index (χ4v) is 3.36. The van der Waals surface area contributed by atoms with Gasteiger partial charge in [0, 0.05) is 25.2 Å². The molecule has 18 heavy (non-hydrogen) atoms. The highest BCUT2D eigenvalue weighted by molar-refractivity contribution is 7.89. The molecule has 0 radical (unpaired) electrons. The molecular weight excluding hydrogens is 272 g/mol. The molecule has 6 heteroatoms. The average Bonchev–Trinajstić information content (AvgIpc) is 2.40. The van der Waals surface area contributed by atoms with Crippen LogP contribution in [0, 0.1) is 0 Å². The topological polar surface area (TPSA) is 50.3 Å². The van der Waals surface area contributed by atoms with Crippen LogP contribution in [0.2, 0.25) is 0 Å². The molecule has 0 saturated carbocycles. The molecule has 0 amide bonds. The van der Waals surface area contributed by atoms with Gasteiger partial charge in [0.15, 0.2) is 5.03 Å². The summed E-state index contributed by atoms with van der Waals surface area (Å²) in [6.45, 7) is 3.95. The van der Waals surface area contributed by atoms with Crippen LogP contribution < -0.4 is 0 Å². The summed E-state index contributed by atoms with van der Waals surface area (Å²) in [6, 6.07) is 3.20. The Labute approximate surface area is 114 Å². The number of aromatic nitrogens is 1. The lowest BCUT2D eigenvalue weighted by molar-refractivity contribution is 0.348. The number of hydrogen-bond acceptors (Lipinski definition) is 3. The monoisotopic (exact) mass is 290 g/mol. The van der Waals surface area contributed by atoms with E-state index in [2.05, 4.69) is 4.98 Å². The number of alkyl halides is 1. The minimum Gasteiger partial charge on any atom is -0.243 e. The lowest BCUT2D eigenvalue weighted by Crippen LogP contribution is -2.36. The molecule has 0 aliphatic rings. The third kappa shape index (κ3) is 3.22. The van der Waals surface area contributed by atoms with Crippen LogP contribution in [0.15, 0.2) is 23.4 Å². The molecule has 4 nitrogen and oxygen atoms in total. The van der Waals surface area contributed by atoms with Crippen LogP contribution in [-0.2, 0) is 15.9 Å². The van der Waals surface area contributed by atoms with E-state index in [1.807, 2.05) is 13.8 Å². The lowest BCUT2D eigenvalue weighted by Gasteiger charge is -2.24. The van der Waals surface area contributed by atoms with Crippen molar-refractivity contribution in [1.82, 2.24) is 9.29 Å². The molecule has 0 N–H and O–H groups in total. The highest BCUT2D eigenvalue weighted by atomic mass is 35.5. The van der Waals surface area contributed by atoms with E-state index in [1.165, 1.54) is 16.6 Å². The van der Waals surface area contributed by atoms with E-state index in [9.17, 15) is 8.42 Å². The van der Waals surface area contributed by atoms with Gasteiger partial charge in [0.1, 0.15) is 0 Å². The number of nitrogens with zero attached hydrogens (tertiary/aromatic N) is 2. The van der Waals surface area contributed by atoms with Gasteiger partial charge in [0.25, 0.3) is 10.0 Å². The molecule has 1 rings (SSSR count). The summed E-state index contributed by atoms with van der Waals surface area (Å²) in [6.07, 6.45) is 3.07. The Morgan fingerprint density at radius 1 is 1.33 bits per heavy atom. The van der Waals surface area contributed by atoms with E-state index in [1.54, 1.807) is 13.1 Å². The molecule has 1 aromatic heterocycles. The summed E-state index contributed by atoms with van der Waals surface area (Å²) in [5.41, 5.74) is 0.806. The van der Waals surface area contributed by atoms with Gasteiger partial charge in [-0.3, -0.25) is 0 Å². The van der Waals surface area contributed by atoms with E-state index in [4.69, 9.17) is 11.6 Å². The lowest BCUT2D eigenvalue weighted by atomic mass is 10.2. The van der Waals surface area contributed by atoms with Gasteiger partial charge in [-0.2, -0.15) is 4.31 Å². The maximum absolute atomic E-state index is 12.3. The summed E-state index contributed by atoms with van der Waals surface area (Å²) in [7, 11) is -1.91. The van der Waals surface area contributed by atoms with Crippen LogP contribution in [-0.4, -0.2) is 30.8 Å². The fourth-order valence-electron chi connectivity index (χ4n) is 1.79. The summed E-state index contributed by atoms with van der Waals surface area (Å²) >= 11 is 5.65. The Kier molecular flexibility index (Phi) is 5.56. The zero-order valence-electron chi connectivity index (χ0n) is 10.9. The quantitative estimate of drug-likeness (QED) is 0.757. The fraction of sp³-hybridized carbons (Fsp3) is 0.583. The van der Waals surface area contributed by atoms with Crippen molar-refractivity contribution in [2.45, 2.75) is 43.6 Å². The van der Waals surface area contributed by atoms with E-state index in [0.29, 0.717) is 5.88 Å². The van der Waals surface area contributed by atoms with E-state index in [-0.39, 0.29) is 11.1 Å². The Morgan fingerprint density at radius 2 is 1.94 bits per heavy atom.